The number of rotatable bonds is 3. The summed E-state index contributed by atoms with van der Waals surface area (Å²) < 4.78 is 19.8. The van der Waals surface area contributed by atoms with E-state index in [2.05, 4.69) is 15.9 Å². The van der Waals surface area contributed by atoms with Gasteiger partial charge in [-0.25, -0.2) is 4.39 Å². The molecule has 0 saturated carbocycles. The maximum Gasteiger partial charge on any atom is 0.148 e. The number of benzene rings is 2. The first-order valence-electron chi connectivity index (χ1n) is 5.66. The van der Waals surface area contributed by atoms with Gasteiger partial charge < -0.3 is 15.4 Å². The van der Waals surface area contributed by atoms with E-state index in [-0.39, 0.29) is 5.82 Å². The van der Waals surface area contributed by atoms with Gasteiger partial charge in [-0.05, 0) is 46.3 Å². The van der Waals surface area contributed by atoms with Gasteiger partial charge >= 0.3 is 0 Å². The molecule has 0 aliphatic carbocycles. The van der Waals surface area contributed by atoms with Crippen LogP contribution in [0.3, 0.4) is 0 Å². The number of hydrogen-bond acceptors (Lipinski definition) is 3. The van der Waals surface area contributed by atoms with E-state index in [1.165, 1.54) is 6.07 Å². The van der Waals surface area contributed by atoms with E-state index in [4.69, 9.17) is 10.5 Å². The largest absolute Gasteiger partial charge is 0.496 e. The van der Waals surface area contributed by atoms with Crippen molar-refractivity contribution in [2.45, 2.75) is 0 Å². The summed E-state index contributed by atoms with van der Waals surface area (Å²) in [5.41, 5.74) is 7.40. The fourth-order valence-corrected chi connectivity index (χ4v) is 2.41. The van der Waals surface area contributed by atoms with Crippen LogP contribution in [-0.2, 0) is 0 Å². The molecule has 0 heterocycles. The van der Waals surface area contributed by atoms with E-state index in [1.807, 2.05) is 18.2 Å². The lowest BCUT2D eigenvalue weighted by Crippen LogP contribution is -2.13. The average Bonchev–Trinajstić information content (AvgIpc) is 2.38. The summed E-state index contributed by atoms with van der Waals surface area (Å²) in [5.74, 6) is 0.369. The highest BCUT2D eigenvalue weighted by molar-refractivity contribution is 9.10. The molecule has 3 nitrogen and oxygen atoms in total. The molecular formula is C14H14BrFN2O. The second-order valence-electron chi connectivity index (χ2n) is 4.06. The fraction of sp³-hybridized carbons (Fsp3) is 0.143. The molecule has 0 spiro atoms. The smallest absolute Gasteiger partial charge is 0.148 e. The Balaban J connectivity index is 2.44. The molecule has 0 radical (unpaired) electrons. The van der Waals surface area contributed by atoms with Crippen LogP contribution in [0.1, 0.15) is 0 Å². The van der Waals surface area contributed by atoms with Gasteiger partial charge in [-0.15, -0.1) is 0 Å². The number of para-hydroxylation sites is 1. The summed E-state index contributed by atoms with van der Waals surface area (Å²) in [6.07, 6.45) is 0. The van der Waals surface area contributed by atoms with Crippen molar-refractivity contribution in [3.05, 3.63) is 46.7 Å². The Hall–Kier alpha value is -1.75. The maximum atomic E-state index is 13.9. The van der Waals surface area contributed by atoms with Gasteiger partial charge in [-0.1, -0.05) is 6.07 Å². The Labute approximate surface area is 119 Å². The summed E-state index contributed by atoms with van der Waals surface area (Å²) in [6, 6.07) is 10.2. The predicted molar refractivity (Wildman–Crippen MR) is 79.6 cm³/mol. The zero-order valence-corrected chi connectivity index (χ0v) is 12.2. The van der Waals surface area contributed by atoms with E-state index in [1.54, 1.807) is 31.2 Å². The first-order valence-corrected chi connectivity index (χ1v) is 6.45. The molecule has 0 fully saturated rings. The van der Waals surface area contributed by atoms with Crippen LogP contribution in [0.4, 0.5) is 21.5 Å². The molecule has 5 heteroatoms. The molecule has 100 valence electrons. The van der Waals surface area contributed by atoms with Crippen molar-refractivity contribution in [1.82, 2.24) is 0 Å². The summed E-state index contributed by atoms with van der Waals surface area (Å²) in [6.45, 7) is 0. The highest BCUT2D eigenvalue weighted by Gasteiger charge is 2.14. The molecule has 0 amide bonds. The minimum atomic E-state index is -0.352. The molecule has 0 aliphatic heterocycles. The lowest BCUT2D eigenvalue weighted by molar-refractivity contribution is 0.412. The third-order valence-electron chi connectivity index (χ3n) is 2.88. The summed E-state index contributed by atoms with van der Waals surface area (Å²) in [7, 11) is 3.36. The lowest BCUT2D eigenvalue weighted by Gasteiger charge is -2.22. The Morgan fingerprint density at radius 2 is 2.00 bits per heavy atom. The van der Waals surface area contributed by atoms with E-state index in [0.29, 0.717) is 11.4 Å². The van der Waals surface area contributed by atoms with Crippen LogP contribution in [0.15, 0.2) is 40.9 Å². The van der Waals surface area contributed by atoms with E-state index in [9.17, 15) is 4.39 Å². The van der Waals surface area contributed by atoms with Gasteiger partial charge in [-0.3, -0.25) is 0 Å². The van der Waals surface area contributed by atoms with Gasteiger partial charge in [0, 0.05) is 12.7 Å². The van der Waals surface area contributed by atoms with E-state index < -0.39 is 0 Å². The molecule has 0 aliphatic rings. The molecule has 0 atom stereocenters. The fourth-order valence-electron chi connectivity index (χ4n) is 1.88. The molecular weight excluding hydrogens is 311 g/mol. The molecule has 0 saturated heterocycles. The molecule has 0 bridgehead atoms. The highest BCUT2D eigenvalue weighted by Crippen LogP contribution is 2.35. The third-order valence-corrected chi connectivity index (χ3v) is 3.50. The predicted octanol–water partition coefficient (Wildman–Crippen LogP) is 3.95. The normalized spacial score (nSPS) is 10.3. The van der Waals surface area contributed by atoms with Crippen LogP contribution in [0.5, 0.6) is 5.75 Å². The number of ether oxygens (including phenoxy) is 1. The zero-order valence-electron chi connectivity index (χ0n) is 10.7. The van der Waals surface area contributed by atoms with E-state index >= 15 is 0 Å². The minimum absolute atomic E-state index is 0.352. The summed E-state index contributed by atoms with van der Waals surface area (Å²) >= 11 is 3.41. The van der Waals surface area contributed by atoms with Gasteiger partial charge in [0.15, 0.2) is 0 Å². The van der Waals surface area contributed by atoms with Gasteiger partial charge in [0.05, 0.1) is 17.3 Å². The van der Waals surface area contributed by atoms with Crippen LogP contribution >= 0.6 is 15.9 Å². The Bertz CT molecular complexity index is 584. The molecule has 2 aromatic carbocycles. The van der Waals surface area contributed by atoms with Crippen molar-refractivity contribution in [1.29, 1.82) is 0 Å². The number of hydrogen-bond donors (Lipinski definition) is 1. The van der Waals surface area contributed by atoms with Gasteiger partial charge in [0.25, 0.3) is 0 Å². The third kappa shape index (κ3) is 2.66. The van der Waals surface area contributed by atoms with Crippen molar-refractivity contribution in [3.8, 4) is 5.75 Å². The number of methoxy groups -OCH3 is 1. The van der Waals surface area contributed by atoms with Crippen molar-refractivity contribution in [2.24, 2.45) is 0 Å². The Morgan fingerprint density at radius 1 is 1.26 bits per heavy atom. The van der Waals surface area contributed by atoms with Crippen LogP contribution < -0.4 is 15.4 Å². The van der Waals surface area contributed by atoms with Crippen molar-refractivity contribution in [2.75, 3.05) is 24.8 Å². The van der Waals surface area contributed by atoms with Gasteiger partial charge in [-0.2, -0.15) is 0 Å². The molecule has 2 N–H and O–H groups in total. The molecule has 2 rings (SSSR count). The number of nitrogens with zero attached hydrogens (tertiary/aromatic N) is 1. The first kappa shape index (κ1) is 13.7. The molecule has 0 aromatic heterocycles. The van der Waals surface area contributed by atoms with Crippen LogP contribution in [-0.4, -0.2) is 14.2 Å². The zero-order chi connectivity index (χ0) is 14.0. The maximum absolute atomic E-state index is 13.9. The molecule has 2 aromatic rings. The van der Waals surface area contributed by atoms with Crippen molar-refractivity contribution in [3.63, 3.8) is 0 Å². The number of anilines is 3. The average molecular weight is 325 g/mol. The topological polar surface area (TPSA) is 38.5 Å². The second-order valence-corrected chi connectivity index (χ2v) is 4.91. The number of nitrogens with two attached hydrogens (primary N) is 1. The molecule has 0 unspecified atom stereocenters. The monoisotopic (exact) mass is 324 g/mol. The van der Waals surface area contributed by atoms with Crippen molar-refractivity contribution < 1.29 is 9.13 Å². The highest BCUT2D eigenvalue weighted by atomic mass is 79.9. The van der Waals surface area contributed by atoms with Crippen LogP contribution in [0.25, 0.3) is 0 Å². The number of halogens is 2. The Kier molecular flexibility index (Phi) is 3.95. The quantitative estimate of drug-likeness (QED) is 0.869. The van der Waals surface area contributed by atoms with Crippen LogP contribution in [0.2, 0.25) is 0 Å². The number of nitrogen functional groups attached to an aromatic ring is 1. The summed E-state index contributed by atoms with van der Waals surface area (Å²) in [5, 5.41) is 0. The minimum Gasteiger partial charge on any atom is -0.496 e. The van der Waals surface area contributed by atoms with Crippen LogP contribution in [0, 0.1) is 5.82 Å². The van der Waals surface area contributed by atoms with Gasteiger partial charge in [0.1, 0.15) is 17.3 Å². The molecule has 19 heavy (non-hydrogen) atoms. The summed E-state index contributed by atoms with van der Waals surface area (Å²) in [4.78, 5) is 1.70. The standard InChI is InChI=1S/C14H14BrFN2O/c1-18(14-11(16)4-3-5-12(14)17)9-6-7-13(19-2)10(15)8-9/h3-8H,17H2,1-2H3. The lowest BCUT2D eigenvalue weighted by atomic mass is 10.2. The van der Waals surface area contributed by atoms with E-state index in [0.717, 1.165) is 15.9 Å². The second kappa shape index (κ2) is 5.48. The SMILES string of the molecule is COc1ccc(N(C)c2c(N)cccc2F)cc1Br. The first-order chi connectivity index (χ1) is 9.04. The van der Waals surface area contributed by atoms with Crippen molar-refractivity contribution >= 4 is 33.0 Å². The van der Waals surface area contributed by atoms with Gasteiger partial charge in [0.2, 0.25) is 0 Å². The Morgan fingerprint density at radius 3 is 2.58 bits per heavy atom.